The quantitative estimate of drug-likeness (QED) is 0.637. The van der Waals surface area contributed by atoms with Gasteiger partial charge in [0.2, 0.25) is 0 Å². The number of rotatable bonds is 6. The molecule has 1 aromatic carbocycles. The third-order valence-electron chi connectivity index (χ3n) is 3.29. The molecule has 1 atom stereocenters. The summed E-state index contributed by atoms with van der Waals surface area (Å²) in [7, 11) is 0. The Hall–Kier alpha value is -2.61. The van der Waals surface area contributed by atoms with Crippen molar-refractivity contribution < 1.29 is 19.1 Å². The Morgan fingerprint density at radius 1 is 1.25 bits per heavy atom. The highest BCUT2D eigenvalue weighted by Crippen LogP contribution is 2.15. The van der Waals surface area contributed by atoms with Crippen molar-refractivity contribution in [1.29, 1.82) is 0 Å². The van der Waals surface area contributed by atoms with Crippen LogP contribution in [-0.2, 0) is 16.0 Å². The van der Waals surface area contributed by atoms with Gasteiger partial charge in [0, 0.05) is 11.3 Å². The first-order valence-corrected chi connectivity index (χ1v) is 8.13. The van der Waals surface area contributed by atoms with E-state index in [0.29, 0.717) is 28.2 Å². The summed E-state index contributed by atoms with van der Waals surface area (Å²) in [4.78, 5) is 35.7. The summed E-state index contributed by atoms with van der Waals surface area (Å²) in [6.45, 7) is 4.81. The van der Waals surface area contributed by atoms with Crippen LogP contribution in [0.5, 0.6) is 0 Å². The first kappa shape index (κ1) is 17.7. The van der Waals surface area contributed by atoms with Gasteiger partial charge in [-0.25, -0.2) is 4.79 Å². The van der Waals surface area contributed by atoms with Crippen molar-refractivity contribution in [2.24, 2.45) is 0 Å². The molecule has 126 valence electrons. The number of ketones is 1. The number of benzene rings is 1. The van der Waals surface area contributed by atoms with Crippen molar-refractivity contribution >= 4 is 34.9 Å². The molecule has 0 aliphatic carbocycles. The molecule has 0 aliphatic rings. The Morgan fingerprint density at radius 2 is 1.92 bits per heavy atom. The Labute approximate surface area is 143 Å². The van der Waals surface area contributed by atoms with Gasteiger partial charge in [0.15, 0.2) is 16.8 Å². The SMILES string of the molecule is CCc1nnsc1C(=O)O[C@@H](C)C(=O)Nc1ccc(C(C)=O)cc1. The van der Waals surface area contributed by atoms with Gasteiger partial charge in [-0.1, -0.05) is 11.4 Å². The van der Waals surface area contributed by atoms with Crippen LogP contribution in [0.4, 0.5) is 5.69 Å². The minimum absolute atomic E-state index is 0.0555. The number of carbonyl (C=O) groups excluding carboxylic acids is 3. The highest BCUT2D eigenvalue weighted by atomic mass is 32.1. The summed E-state index contributed by atoms with van der Waals surface area (Å²) >= 11 is 0.945. The maximum atomic E-state index is 12.1. The molecule has 1 amide bonds. The number of aromatic nitrogens is 2. The maximum Gasteiger partial charge on any atom is 0.352 e. The first-order valence-electron chi connectivity index (χ1n) is 7.36. The fourth-order valence-electron chi connectivity index (χ4n) is 1.89. The van der Waals surface area contributed by atoms with Crippen molar-refractivity contribution in [1.82, 2.24) is 9.59 Å². The summed E-state index contributed by atoms with van der Waals surface area (Å²) in [5, 5.41) is 6.47. The van der Waals surface area contributed by atoms with Crippen molar-refractivity contribution in [3.63, 3.8) is 0 Å². The third-order valence-corrected chi connectivity index (χ3v) is 4.04. The van der Waals surface area contributed by atoms with E-state index in [1.807, 2.05) is 6.92 Å². The molecule has 0 fully saturated rings. The number of Topliss-reactive ketones (excluding diaryl/α,β-unsaturated/α-hetero) is 1. The number of anilines is 1. The van der Waals surface area contributed by atoms with Gasteiger partial charge in [0.05, 0.1) is 5.69 Å². The van der Waals surface area contributed by atoms with Gasteiger partial charge < -0.3 is 10.1 Å². The van der Waals surface area contributed by atoms with Crippen molar-refractivity contribution in [2.75, 3.05) is 5.32 Å². The molecule has 0 bridgehead atoms. The van der Waals surface area contributed by atoms with Gasteiger partial charge >= 0.3 is 5.97 Å². The van der Waals surface area contributed by atoms with E-state index in [4.69, 9.17) is 4.74 Å². The number of nitrogens with zero attached hydrogens (tertiary/aromatic N) is 2. The Balaban J connectivity index is 1.96. The van der Waals surface area contributed by atoms with Crippen LogP contribution in [-0.4, -0.2) is 33.4 Å². The summed E-state index contributed by atoms with van der Waals surface area (Å²) < 4.78 is 8.88. The van der Waals surface area contributed by atoms with E-state index in [1.54, 1.807) is 24.3 Å². The number of carbonyl (C=O) groups is 3. The molecule has 1 heterocycles. The first-order chi connectivity index (χ1) is 11.4. The topological polar surface area (TPSA) is 98.2 Å². The number of amides is 1. The average molecular weight is 347 g/mol. The van der Waals surface area contributed by atoms with Gasteiger partial charge in [0.1, 0.15) is 0 Å². The normalized spacial score (nSPS) is 11.6. The molecule has 8 heteroatoms. The molecule has 0 saturated heterocycles. The lowest BCUT2D eigenvalue weighted by Gasteiger charge is -2.13. The molecule has 7 nitrogen and oxygen atoms in total. The zero-order valence-electron chi connectivity index (χ0n) is 13.5. The van der Waals surface area contributed by atoms with Crippen LogP contribution in [0.2, 0.25) is 0 Å². The molecule has 0 saturated carbocycles. The molecular formula is C16H17N3O4S. The van der Waals surface area contributed by atoms with Gasteiger partial charge in [-0.2, -0.15) is 0 Å². The van der Waals surface area contributed by atoms with E-state index < -0.39 is 18.0 Å². The van der Waals surface area contributed by atoms with Gasteiger partial charge in [-0.05, 0) is 56.1 Å². The monoisotopic (exact) mass is 347 g/mol. The van der Waals surface area contributed by atoms with Crippen molar-refractivity contribution in [3.05, 3.63) is 40.4 Å². The molecule has 0 radical (unpaired) electrons. The fraction of sp³-hybridized carbons (Fsp3) is 0.312. The lowest BCUT2D eigenvalue weighted by atomic mass is 10.1. The molecule has 1 aromatic heterocycles. The molecule has 0 unspecified atom stereocenters. The Bertz CT molecular complexity index is 755. The number of nitrogens with one attached hydrogen (secondary N) is 1. The number of esters is 1. The minimum Gasteiger partial charge on any atom is -0.448 e. The van der Waals surface area contributed by atoms with Crippen LogP contribution in [0.3, 0.4) is 0 Å². The molecular weight excluding hydrogens is 330 g/mol. The summed E-state index contributed by atoms with van der Waals surface area (Å²) in [5.74, 6) is -1.13. The average Bonchev–Trinajstić information content (AvgIpc) is 3.04. The number of hydrogen-bond acceptors (Lipinski definition) is 7. The van der Waals surface area contributed by atoms with Crippen LogP contribution in [0.1, 0.15) is 46.5 Å². The van der Waals surface area contributed by atoms with E-state index in [9.17, 15) is 14.4 Å². The second-order valence-corrected chi connectivity index (χ2v) is 5.83. The molecule has 2 aromatic rings. The van der Waals surface area contributed by atoms with Gasteiger partial charge in [-0.15, -0.1) is 5.10 Å². The standard InChI is InChI=1S/C16H17N3O4S/c1-4-13-14(24-19-18-13)16(22)23-10(3)15(21)17-12-7-5-11(6-8-12)9(2)20/h5-8,10H,4H2,1-3H3,(H,17,21)/t10-/m0/s1. The summed E-state index contributed by atoms with van der Waals surface area (Å²) in [5.41, 5.74) is 1.62. The van der Waals surface area contributed by atoms with E-state index in [0.717, 1.165) is 11.5 Å². The van der Waals surface area contributed by atoms with Gasteiger partial charge in [0.25, 0.3) is 5.91 Å². The van der Waals surface area contributed by atoms with Crippen molar-refractivity contribution in [3.8, 4) is 0 Å². The third kappa shape index (κ3) is 4.23. The zero-order valence-corrected chi connectivity index (χ0v) is 14.3. The van der Waals surface area contributed by atoms with Crippen LogP contribution >= 0.6 is 11.5 Å². The molecule has 0 aliphatic heterocycles. The van der Waals surface area contributed by atoms with E-state index >= 15 is 0 Å². The lowest BCUT2D eigenvalue weighted by molar-refractivity contribution is -0.123. The van der Waals surface area contributed by atoms with Crippen LogP contribution < -0.4 is 5.32 Å². The Morgan fingerprint density at radius 3 is 2.50 bits per heavy atom. The summed E-state index contributed by atoms with van der Waals surface area (Å²) in [6, 6.07) is 6.47. The largest absolute Gasteiger partial charge is 0.448 e. The van der Waals surface area contributed by atoms with Crippen molar-refractivity contribution in [2.45, 2.75) is 33.3 Å². The highest BCUT2D eigenvalue weighted by Gasteiger charge is 2.23. The van der Waals surface area contributed by atoms with E-state index in [-0.39, 0.29) is 5.78 Å². The second-order valence-electron chi connectivity index (χ2n) is 5.07. The van der Waals surface area contributed by atoms with Crippen LogP contribution in [0, 0.1) is 0 Å². The van der Waals surface area contributed by atoms with Crippen LogP contribution in [0.25, 0.3) is 0 Å². The number of aryl methyl sites for hydroxylation is 1. The number of hydrogen-bond donors (Lipinski definition) is 1. The van der Waals surface area contributed by atoms with E-state index in [1.165, 1.54) is 13.8 Å². The van der Waals surface area contributed by atoms with E-state index in [2.05, 4.69) is 14.9 Å². The maximum absolute atomic E-state index is 12.1. The predicted octanol–water partition coefficient (Wildman–Crippen LogP) is 2.49. The molecule has 1 N–H and O–H groups in total. The number of ether oxygens (including phenoxy) is 1. The smallest absolute Gasteiger partial charge is 0.352 e. The molecule has 2 rings (SSSR count). The Kier molecular flexibility index (Phi) is 5.75. The van der Waals surface area contributed by atoms with Crippen LogP contribution in [0.15, 0.2) is 24.3 Å². The summed E-state index contributed by atoms with van der Waals surface area (Å²) in [6.07, 6.45) is -0.416. The molecule has 0 spiro atoms. The fourth-order valence-corrected chi connectivity index (χ4v) is 2.53. The molecule has 24 heavy (non-hydrogen) atoms. The second kappa shape index (κ2) is 7.78. The lowest BCUT2D eigenvalue weighted by Crippen LogP contribution is -2.30. The highest BCUT2D eigenvalue weighted by molar-refractivity contribution is 7.07. The predicted molar refractivity (Wildman–Crippen MR) is 89.2 cm³/mol. The minimum atomic E-state index is -0.975. The zero-order chi connectivity index (χ0) is 17.7. The van der Waals surface area contributed by atoms with Gasteiger partial charge in [-0.3, -0.25) is 9.59 Å².